The predicted molar refractivity (Wildman–Crippen MR) is 91.6 cm³/mol. The average Bonchev–Trinajstić information content (AvgIpc) is 3.19. The number of hydrogen-bond acceptors (Lipinski definition) is 6. The third-order valence-corrected chi connectivity index (χ3v) is 5.12. The van der Waals surface area contributed by atoms with Crippen molar-refractivity contribution in [3.05, 3.63) is 43.9 Å². The van der Waals surface area contributed by atoms with Crippen LogP contribution in [0.15, 0.2) is 18.2 Å². The molecule has 1 aromatic heterocycles. The second kappa shape index (κ2) is 7.23. The van der Waals surface area contributed by atoms with Crippen molar-refractivity contribution in [2.45, 2.75) is 32.1 Å². The van der Waals surface area contributed by atoms with Crippen LogP contribution in [0.5, 0.6) is 0 Å². The number of amides is 1. The lowest BCUT2D eigenvalue weighted by atomic mass is 10.1. The maximum absolute atomic E-state index is 12.3. The maximum Gasteiger partial charge on any atom is 0.282 e. The Balaban J connectivity index is 1.72. The summed E-state index contributed by atoms with van der Waals surface area (Å²) >= 11 is 7.14. The Morgan fingerprint density at radius 1 is 1.38 bits per heavy atom. The second-order valence-electron chi connectivity index (χ2n) is 5.73. The number of nitrogens with zero attached hydrogens (tertiary/aromatic N) is 3. The van der Waals surface area contributed by atoms with Gasteiger partial charge in [0, 0.05) is 17.5 Å². The molecule has 1 saturated carbocycles. The van der Waals surface area contributed by atoms with E-state index in [9.17, 15) is 14.9 Å². The standard InChI is InChI=1S/C15H15ClN4O3S/c16-10-5-6-12(20(22)23)11(8-10)14(21)17-15-19-18-13(24-15)7-9-3-1-2-4-9/h5-6,8-9H,1-4,7H2,(H,17,19,21). The van der Waals surface area contributed by atoms with Crippen molar-refractivity contribution < 1.29 is 9.72 Å². The van der Waals surface area contributed by atoms with Gasteiger partial charge in [0.15, 0.2) is 0 Å². The number of nitrogens with one attached hydrogen (secondary N) is 1. The van der Waals surface area contributed by atoms with Gasteiger partial charge in [-0.1, -0.05) is 48.6 Å². The molecule has 0 atom stereocenters. The smallest absolute Gasteiger partial charge is 0.282 e. The Morgan fingerprint density at radius 3 is 2.83 bits per heavy atom. The molecular formula is C15H15ClN4O3S. The number of benzene rings is 1. The molecule has 1 aromatic carbocycles. The normalized spacial score (nSPS) is 14.7. The molecule has 0 aliphatic heterocycles. The highest BCUT2D eigenvalue weighted by atomic mass is 35.5. The van der Waals surface area contributed by atoms with Crippen LogP contribution < -0.4 is 5.32 Å². The molecule has 0 radical (unpaired) electrons. The largest absolute Gasteiger partial charge is 0.296 e. The number of nitro benzene ring substituents is 1. The van der Waals surface area contributed by atoms with E-state index in [0.717, 1.165) is 11.4 Å². The van der Waals surface area contributed by atoms with Crippen LogP contribution in [0.1, 0.15) is 41.0 Å². The molecule has 0 unspecified atom stereocenters. The monoisotopic (exact) mass is 366 g/mol. The SMILES string of the molecule is O=C(Nc1nnc(CC2CCCC2)s1)c1cc(Cl)ccc1[N+](=O)[O-]. The van der Waals surface area contributed by atoms with Crippen LogP contribution in [0.2, 0.25) is 5.02 Å². The molecule has 0 saturated heterocycles. The van der Waals surface area contributed by atoms with E-state index >= 15 is 0 Å². The van der Waals surface area contributed by atoms with Crippen molar-refractivity contribution in [2.75, 3.05) is 5.32 Å². The minimum Gasteiger partial charge on any atom is -0.296 e. The molecule has 24 heavy (non-hydrogen) atoms. The van der Waals surface area contributed by atoms with Crippen molar-refractivity contribution in [3.8, 4) is 0 Å². The lowest BCUT2D eigenvalue weighted by Gasteiger charge is -2.04. The van der Waals surface area contributed by atoms with E-state index in [1.54, 1.807) is 0 Å². The summed E-state index contributed by atoms with van der Waals surface area (Å²) in [5.74, 6) is 0.0169. The van der Waals surface area contributed by atoms with Crippen molar-refractivity contribution in [2.24, 2.45) is 5.92 Å². The lowest BCUT2D eigenvalue weighted by molar-refractivity contribution is -0.385. The number of aromatic nitrogens is 2. The molecule has 126 valence electrons. The van der Waals surface area contributed by atoms with E-state index in [1.165, 1.54) is 55.2 Å². The maximum atomic E-state index is 12.3. The molecule has 7 nitrogen and oxygen atoms in total. The van der Waals surface area contributed by atoms with Gasteiger partial charge in [-0.2, -0.15) is 0 Å². The third-order valence-electron chi connectivity index (χ3n) is 4.03. The topological polar surface area (TPSA) is 98.0 Å². The lowest BCUT2D eigenvalue weighted by Crippen LogP contribution is -2.13. The van der Waals surface area contributed by atoms with E-state index in [2.05, 4.69) is 15.5 Å². The van der Waals surface area contributed by atoms with E-state index < -0.39 is 10.8 Å². The molecule has 1 amide bonds. The Hall–Kier alpha value is -2.06. The molecule has 0 bridgehead atoms. The fraction of sp³-hybridized carbons (Fsp3) is 0.400. The molecule has 9 heteroatoms. The first-order valence-corrected chi connectivity index (χ1v) is 8.80. The van der Waals surface area contributed by atoms with Crippen molar-refractivity contribution in [1.82, 2.24) is 10.2 Å². The fourth-order valence-electron chi connectivity index (χ4n) is 2.86. The van der Waals surface area contributed by atoms with Crippen LogP contribution in [0.4, 0.5) is 10.8 Å². The van der Waals surface area contributed by atoms with Crippen LogP contribution in [-0.4, -0.2) is 21.0 Å². The quantitative estimate of drug-likeness (QED) is 0.634. The zero-order chi connectivity index (χ0) is 17.1. The van der Waals surface area contributed by atoms with E-state index in [4.69, 9.17) is 11.6 Å². The highest BCUT2D eigenvalue weighted by Crippen LogP contribution is 2.30. The molecule has 1 heterocycles. The zero-order valence-corrected chi connectivity index (χ0v) is 14.3. The summed E-state index contributed by atoms with van der Waals surface area (Å²) in [6, 6.07) is 3.86. The van der Waals surface area contributed by atoms with Gasteiger partial charge in [0.2, 0.25) is 5.13 Å². The summed E-state index contributed by atoms with van der Waals surface area (Å²) in [4.78, 5) is 22.7. The van der Waals surface area contributed by atoms with Crippen LogP contribution in [0.25, 0.3) is 0 Å². The molecule has 1 aliphatic rings. The van der Waals surface area contributed by atoms with Crippen molar-refractivity contribution in [3.63, 3.8) is 0 Å². The van der Waals surface area contributed by atoms with Gasteiger partial charge in [-0.3, -0.25) is 20.2 Å². The highest BCUT2D eigenvalue weighted by Gasteiger charge is 2.22. The summed E-state index contributed by atoms with van der Waals surface area (Å²) in [7, 11) is 0. The Labute approximate surface area is 147 Å². The number of nitro groups is 1. The van der Waals surface area contributed by atoms with Gasteiger partial charge in [-0.05, 0) is 18.1 Å². The summed E-state index contributed by atoms with van der Waals surface area (Å²) in [6.45, 7) is 0. The first-order valence-electron chi connectivity index (χ1n) is 7.60. The first-order chi connectivity index (χ1) is 11.5. The predicted octanol–water partition coefficient (Wildman–Crippen LogP) is 4.08. The number of carbonyl (C=O) groups excluding carboxylic acids is 1. The third kappa shape index (κ3) is 3.88. The summed E-state index contributed by atoms with van der Waals surface area (Å²) < 4.78 is 0. The fourth-order valence-corrected chi connectivity index (χ4v) is 3.88. The van der Waals surface area contributed by atoms with Gasteiger partial charge in [0.05, 0.1) is 4.92 Å². The number of carbonyl (C=O) groups is 1. The molecule has 1 aliphatic carbocycles. The van der Waals surface area contributed by atoms with Crippen molar-refractivity contribution >= 4 is 39.7 Å². The van der Waals surface area contributed by atoms with Gasteiger partial charge in [-0.15, -0.1) is 10.2 Å². The number of anilines is 1. The molecule has 3 rings (SSSR count). The minimum absolute atomic E-state index is 0.0972. The number of rotatable bonds is 5. The summed E-state index contributed by atoms with van der Waals surface area (Å²) in [6.07, 6.45) is 5.79. The summed E-state index contributed by atoms with van der Waals surface area (Å²) in [5.41, 5.74) is -0.396. The molecule has 2 aromatic rings. The van der Waals surface area contributed by atoms with E-state index in [0.29, 0.717) is 11.0 Å². The highest BCUT2D eigenvalue weighted by molar-refractivity contribution is 7.15. The van der Waals surface area contributed by atoms with Crippen molar-refractivity contribution in [1.29, 1.82) is 0 Å². The van der Waals surface area contributed by atoms with Crippen LogP contribution >= 0.6 is 22.9 Å². The first kappa shape index (κ1) is 16.8. The van der Waals surface area contributed by atoms with Gasteiger partial charge < -0.3 is 0 Å². The van der Waals surface area contributed by atoms with Gasteiger partial charge in [0.1, 0.15) is 10.6 Å². The van der Waals surface area contributed by atoms with Crippen LogP contribution in [0.3, 0.4) is 0 Å². The Kier molecular flexibility index (Phi) is 5.06. The molecule has 1 N–H and O–H groups in total. The Morgan fingerprint density at radius 2 is 2.12 bits per heavy atom. The van der Waals surface area contributed by atoms with Crippen LogP contribution in [-0.2, 0) is 6.42 Å². The molecular weight excluding hydrogens is 352 g/mol. The van der Waals surface area contributed by atoms with Gasteiger partial charge in [-0.25, -0.2) is 0 Å². The van der Waals surface area contributed by atoms with Gasteiger partial charge in [0.25, 0.3) is 11.6 Å². The minimum atomic E-state index is -0.618. The average molecular weight is 367 g/mol. The zero-order valence-electron chi connectivity index (χ0n) is 12.7. The number of hydrogen-bond donors (Lipinski definition) is 1. The molecule has 0 spiro atoms. The number of halogens is 1. The molecule has 1 fully saturated rings. The summed E-state index contributed by atoms with van der Waals surface area (Å²) in [5, 5.41) is 23.1. The van der Waals surface area contributed by atoms with E-state index in [1.807, 2.05) is 0 Å². The second-order valence-corrected chi connectivity index (χ2v) is 7.23. The Bertz CT molecular complexity index is 774. The van der Waals surface area contributed by atoms with Crippen LogP contribution in [0, 0.1) is 16.0 Å². The van der Waals surface area contributed by atoms with Gasteiger partial charge >= 0.3 is 0 Å². The van der Waals surface area contributed by atoms with E-state index in [-0.39, 0.29) is 16.3 Å².